The van der Waals surface area contributed by atoms with Crippen molar-refractivity contribution in [2.45, 2.75) is 38.8 Å². The molecule has 1 fully saturated rings. The van der Waals surface area contributed by atoms with Gasteiger partial charge in [-0.1, -0.05) is 13.8 Å². The Morgan fingerprint density at radius 1 is 1.50 bits per heavy atom. The van der Waals surface area contributed by atoms with Gasteiger partial charge in [0.2, 0.25) is 0 Å². The van der Waals surface area contributed by atoms with Crippen molar-refractivity contribution in [3.8, 4) is 0 Å². The number of rotatable bonds is 3. The molecule has 2 heterocycles. The highest BCUT2D eigenvalue weighted by atomic mass is 15.3. The number of anilines is 1. The molecule has 1 unspecified atom stereocenters. The molecule has 1 aromatic rings. The molecule has 0 radical (unpaired) electrons. The van der Waals surface area contributed by atoms with E-state index in [0.29, 0.717) is 12.1 Å². The van der Waals surface area contributed by atoms with E-state index in [2.05, 4.69) is 35.2 Å². The summed E-state index contributed by atoms with van der Waals surface area (Å²) in [6.07, 6.45) is 4.54. The lowest BCUT2D eigenvalue weighted by Gasteiger charge is -2.34. The number of aromatic nitrogens is 2. The SMILES string of the molecule is CC(C)NC1CCCN(c2ccn(C)n2)C1. The normalized spacial score (nSPS) is 21.8. The zero-order valence-electron chi connectivity index (χ0n) is 10.5. The maximum absolute atomic E-state index is 4.46. The molecule has 0 aliphatic carbocycles. The summed E-state index contributed by atoms with van der Waals surface area (Å²) in [5, 5.41) is 8.07. The lowest BCUT2D eigenvalue weighted by Crippen LogP contribution is -2.48. The summed E-state index contributed by atoms with van der Waals surface area (Å²) >= 11 is 0. The first-order valence-electron chi connectivity index (χ1n) is 6.16. The van der Waals surface area contributed by atoms with Gasteiger partial charge in [-0.3, -0.25) is 4.68 Å². The van der Waals surface area contributed by atoms with E-state index in [0.717, 1.165) is 18.9 Å². The van der Waals surface area contributed by atoms with Crippen LogP contribution in [0.4, 0.5) is 5.82 Å². The molecule has 90 valence electrons. The number of nitrogens with zero attached hydrogens (tertiary/aromatic N) is 3. The zero-order valence-corrected chi connectivity index (χ0v) is 10.5. The minimum absolute atomic E-state index is 0.564. The van der Waals surface area contributed by atoms with Crippen LogP contribution in [0.3, 0.4) is 0 Å². The number of hydrogen-bond acceptors (Lipinski definition) is 3. The highest BCUT2D eigenvalue weighted by molar-refractivity contribution is 5.37. The highest BCUT2D eigenvalue weighted by Gasteiger charge is 2.21. The Kier molecular flexibility index (Phi) is 3.49. The molecule has 1 atom stereocenters. The summed E-state index contributed by atoms with van der Waals surface area (Å²) in [6.45, 7) is 6.63. The maximum Gasteiger partial charge on any atom is 0.150 e. The number of piperidine rings is 1. The van der Waals surface area contributed by atoms with Gasteiger partial charge < -0.3 is 10.2 Å². The molecule has 1 aromatic heterocycles. The fourth-order valence-corrected chi connectivity index (χ4v) is 2.36. The summed E-state index contributed by atoms with van der Waals surface area (Å²) in [4.78, 5) is 2.38. The fourth-order valence-electron chi connectivity index (χ4n) is 2.36. The Morgan fingerprint density at radius 2 is 2.31 bits per heavy atom. The standard InChI is InChI=1S/C12H22N4/c1-10(2)13-11-5-4-7-16(9-11)12-6-8-15(3)14-12/h6,8,10-11,13H,4-5,7,9H2,1-3H3. The summed E-state index contributed by atoms with van der Waals surface area (Å²) in [5.41, 5.74) is 0. The van der Waals surface area contributed by atoms with Crippen LogP contribution in [0.1, 0.15) is 26.7 Å². The minimum atomic E-state index is 0.564. The molecule has 0 bridgehead atoms. The molecule has 0 amide bonds. The van der Waals surface area contributed by atoms with E-state index in [1.54, 1.807) is 0 Å². The number of nitrogens with one attached hydrogen (secondary N) is 1. The molecule has 2 rings (SSSR count). The van der Waals surface area contributed by atoms with Gasteiger partial charge in [-0.2, -0.15) is 5.10 Å². The molecule has 16 heavy (non-hydrogen) atoms. The Bertz CT molecular complexity index is 332. The van der Waals surface area contributed by atoms with Crippen LogP contribution in [0.5, 0.6) is 0 Å². The average Bonchev–Trinajstić information content (AvgIpc) is 2.64. The van der Waals surface area contributed by atoms with Crippen molar-refractivity contribution in [2.24, 2.45) is 7.05 Å². The topological polar surface area (TPSA) is 33.1 Å². The number of hydrogen-bond donors (Lipinski definition) is 1. The smallest absolute Gasteiger partial charge is 0.150 e. The van der Waals surface area contributed by atoms with Gasteiger partial charge in [0.05, 0.1) is 0 Å². The largest absolute Gasteiger partial charge is 0.354 e. The van der Waals surface area contributed by atoms with Crippen molar-refractivity contribution >= 4 is 5.82 Å². The van der Waals surface area contributed by atoms with Crippen LogP contribution in [0.15, 0.2) is 12.3 Å². The molecule has 1 saturated heterocycles. The van der Waals surface area contributed by atoms with E-state index in [1.807, 2.05) is 17.9 Å². The molecule has 1 N–H and O–H groups in total. The predicted octanol–water partition coefficient (Wildman–Crippen LogP) is 1.39. The third-order valence-corrected chi connectivity index (χ3v) is 3.01. The fraction of sp³-hybridized carbons (Fsp3) is 0.750. The molecule has 4 heteroatoms. The van der Waals surface area contributed by atoms with Crippen LogP contribution in [-0.4, -0.2) is 35.0 Å². The van der Waals surface area contributed by atoms with Gasteiger partial charge in [0, 0.05) is 44.5 Å². The van der Waals surface area contributed by atoms with Crippen LogP contribution in [0, 0.1) is 0 Å². The molecule has 4 nitrogen and oxygen atoms in total. The van der Waals surface area contributed by atoms with E-state index in [4.69, 9.17) is 0 Å². The van der Waals surface area contributed by atoms with E-state index >= 15 is 0 Å². The van der Waals surface area contributed by atoms with Crippen molar-refractivity contribution in [3.63, 3.8) is 0 Å². The van der Waals surface area contributed by atoms with Gasteiger partial charge in [-0.15, -0.1) is 0 Å². The van der Waals surface area contributed by atoms with E-state index in [1.165, 1.54) is 12.8 Å². The first-order chi connectivity index (χ1) is 7.65. The second-order valence-electron chi connectivity index (χ2n) is 4.95. The number of aryl methyl sites for hydroxylation is 1. The van der Waals surface area contributed by atoms with Crippen LogP contribution in [-0.2, 0) is 7.05 Å². The quantitative estimate of drug-likeness (QED) is 0.839. The van der Waals surface area contributed by atoms with Gasteiger partial charge in [0.25, 0.3) is 0 Å². The molecule has 0 aromatic carbocycles. The summed E-state index contributed by atoms with van der Waals surface area (Å²) < 4.78 is 1.87. The molecule has 0 saturated carbocycles. The first kappa shape index (κ1) is 11.5. The molecule has 0 spiro atoms. The van der Waals surface area contributed by atoms with Gasteiger partial charge >= 0.3 is 0 Å². The van der Waals surface area contributed by atoms with Crippen LogP contribution < -0.4 is 10.2 Å². The molecule has 1 aliphatic rings. The highest BCUT2D eigenvalue weighted by Crippen LogP contribution is 2.17. The Hall–Kier alpha value is -1.03. The van der Waals surface area contributed by atoms with Gasteiger partial charge in [0.15, 0.2) is 5.82 Å². The Balaban J connectivity index is 1.96. The van der Waals surface area contributed by atoms with Gasteiger partial charge in [-0.25, -0.2) is 0 Å². The summed E-state index contributed by atoms with van der Waals surface area (Å²) in [6, 6.07) is 3.27. The third kappa shape index (κ3) is 2.76. The zero-order chi connectivity index (χ0) is 11.5. The van der Waals surface area contributed by atoms with Gasteiger partial charge in [-0.05, 0) is 12.8 Å². The van der Waals surface area contributed by atoms with Crippen LogP contribution >= 0.6 is 0 Å². The minimum Gasteiger partial charge on any atom is -0.354 e. The molecular weight excluding hydrogens is 200 g/mol. The van der Waals surface area contributed by atoms with E-state index in [-0.39, 0.29) is 0 Å². The van der Waals surface area contributed by atoms with Crippen molar-refractivity contribution in [1.29, 1.82) is 0 Å². The Labute approximate surface area is 97.6 Å². The van der Waals surface area contributed by atoms with Crippen LogP contribution in [0.25, 0.3) is 0 Å². The van der Waals surface area contributed by atoms with Gasteiger partial charge in [0.1, 0.15) is 0 Å². The van der Waals surface area contributed by atoms with Crippen molar-refractivity contribution in [2.75, 3.05) is 18.0 Å². The van der Waals surface area contributed by atoms with Crippen molar-refractivity contribution in [1.82, 2.24) is 15.1 Å². The van der Waals surface area contributed by atoms with E-state index in [9.17, 15) is 0 Å². The molecule has 1 aliphatic heterocycles. The lowest BCUT2D eigenvalue weighted by atomic mass is 10.1. The second-order valence-corrected chi connectivity index (χ2v) is 4.95. The van der Waals surface area contributed by atoms with E-state index < -0.39 is 0 Å². The predicted molar refractivity (Wildman–Crippen MR) is 66.7 cm³/mol. The first-order valence-corrected chi connectivity index (χ1v) is 6.16. The summed E-state index contributed by atoms with van der Waals surface area (Å²) in [7, 11) is 1.97. The third-order valence-electron chi connectivity index (χ3n) is 3.01. The monoisotopic (exact) mass is 222 g/mol. The van der Waals surface area contributed by atoms with Crippen molar-refractivity contribution in [3.05, 3.63) is 12.3 Å². The van der Waals surface area contributed by atoms with Crippen molar-refractivity contribution < 1.29 is 0 Å². The maximum atomic E-state index is 4.46. The average molecular weight is 222 g/mol. The lowest BCUT2D eigenvalue weighted by molar-refractivity contribution is 0.393. The Morgan fingerprint density at radius 3 is 2.94 bits per heavy atom. The second kappa shape index (κ2) is 4.87. The molecular formula is C12H22N4. The van der Waals surface area contributed by atoms with Crippen LogP contribution in [0.2, 0.25) is 0 Å². The summed E-state index contributed by atoms with van der Waals surface area (Å²) in [5.74, 6) is 1.11.